The molecule has 2 aromatic heterocycles. The van der Waals surface area contributed by atoms with Crippen molar-refractivity contribution in [3.05, 3.63) is 23.5 Å². The molecule has 0 saturated heterocycles. The second-order valence-corrected chi connectivity index (χ2v) is 5.38. The van der Waals surface area contributed by atoms with Crippen molar-refractivity contribution < 1.29 is 5.11 Å². The van der Waals surface area contributed by atoms with E-state index >= 15 is 0 Å². The maximum atomic E-state index is 9.90. The van der Waals surface area contributed by atoms with Crippen LogP contribution in [0, 0.1) is 0 Å². The summed E-state index contributed by atoms with van der Waals surface area (Å²) in [5.74, 6) is 0. The molecule has 0 aliphatic heterocycles. The van der Waals surface area contributed by atoms with Crippen LogP contribution in [0.5, 0.6) is 0 Å². The number of thiazole rings is 1. The third kappa shape index (κ3) is 1.86. The van der Waals surface area contributed by atoms with Crippen molar-refractivity contribution in [2.45, 2.75) is 31.4 Å². The van der Waals surface area contributed by atoms with Gasteiger partial charge in [0.25, 0.3) is 0 Å². The quantitative estimate of drug-likeness (QED) is 0.845. The number of aliphatic hydroxyl groups is 1. The Hall–Kier alpha value is -0.910. The molecule has 16 heavy (non-hydrogen) atoms. The highest BCUT2D eigenvalue weighted by Gasteiger charge is 2.33. The van der Waals surface area contributed by atoms with Gasteiger partial charge in [0, 0.05) is 30.9 Å². The van der Waals surface area contributed by atoms with Crippen molar-refractivity contribution in [3.63, 3.8) is 0 Å². The van der Waals surface area contributed by atoms with Crippen LogP contribution in [0.1, 0.15) is 25.0 Å². The van der Waals surface area contributed by atoms with Crippen molar-refractivity contribution in [1.29, 1.82) is 0 Å². The largest absolute Gasteiger partial charge is 0.389 e. The monoisotopic (exact) mass is 237 g/mol. The minimum atomic E-state index is -0.447. The Morgan fingerprint density at radius 2 is 2.44 bits per heavy atom. The summed E-state index contributed by atoms with van der Waals surface area (Å²) < 4.78 is 2.03. The molecule has 0 aromatic carbocycles. The Labute approximate surface area is 97.9 Å². The maximum Gasteiger partial charge on any atom is 0.193 e. The molecule has 3 rings (SSSR count). The number of nitrogens with one attached hydrogen (secondary N) is 1. The van der Waals surface area contributed by atoms with E-state index in [1.807, 2.05) is 22.2 Å². The molecule has 0 radical (unpaired) electrons. The van der Waals surface area contributed by atoms with Crippen molar-refractivity contribution in [2.75, 3.05) is 6.54 Å². The second kappa shape index (κ2) is 3.84. The maximum absolute atomic E-state index is 9.90. The number of nitrogens with zero attached hydrogens (tertiary/aromatic N) is 2. The molecule has 0 spiro atoms. The van der Waals surface area contributed by atoms with Crippen molar-refractivity contribution in [3.8, 4) is 0 Å². The van der Waals surface area contributed by atoms with Gasteiger partial charge in [-0.15, -0.1) is 11.3 Å². The third-order valence-electron chi connectivity index (χ3n) is 3.19. The smallest absolute Gasteiger partial charge is 0.193 e. The van der Waals surface area contributed by atoms with Crippen LogP contribution in [-0.2, 0) is 6.54 Å². The van der Waals surface area contributed by atoms with Gasteiger partial charge in [-0.3, -0.25) is 4.40 Å². The molecule has 1 aliphatic carbocycles. The highest BCUT2D eigenvalue weighted by atomic mass is 32.1. The number of fused-ring (bicyclic) bond motifs is 1. The number of aromatic nitrogens is 2. The summed E-state index contributed by atoms with van der Waals surface area (Å²) in [5, 5.41) is 15.2. The predicted molar refractivity (Wildman–Crippen MR) is 63.6 cm³/mol. The van der Waals surface area contributed by atoms with E-state index in [2.05, 4.69) is 10.3 Å². The van der Waals surface area contributed by atoms with E-state index in [0.717, 1.165) is 36.5 Å². The molecule has 1 fully saturated rings. The lowest BCUT2D eigenvalue weighted by Gasteiger charge is -2.36. The molecular weight excluding hydrogens is 222 g/mol. The molecule has 0 unspecified atom stereocenters. The highest BCUT2D eigenvalue weighted by Crippen LogP contribution is 2.30. The minimum Gasteiger partial charge on any atom is -0.389 e. The zero-order valence-corrected chi connectivity index (χ0v) is 9.83. The van der Waals surface area contributed by atoms with Crippen LogP contribution in [0.2, 0.25) is 0 Å². The first kappa shape index (κ1) is 10.3. The van der Waals surface area contributed by atoms with Crippen LogP contribution in [-0.4, -0.2) is 26.6 Å². The number of hydrogen-bond acceptors (Lipinski definition) is 4. The molecule has 0 bridgehead atoms. The first-order valence-electron chi connectivity index (χ1n) is 5.59. The summed E-state index contributed by atoms with van der Waals surface area (Å²) in [6, 6.07) is 0. The Bertz CT molecular complexity index is 458. The lowest BCUT2D eigenvalue weighted by molar-refractivity contribution is -0.0315. The van der Waals surface area contributed by atoms with Crippen LogP contribution >= 0.6 is 11.3 Å². The van der Waals surface area contributed by atoms with Gasteiger partial charge in [0.2, 0.25) is 0 Å². The van der Waals surface area contributed by atoms with Gasteiger partial charge < -0.3 is 10.4 Å². The number of imidazole rings is 1. The van der Waals surface area contributed by atoms with E-state index in [1.54, 1.807) is 11.3 Å². The fourth-order valence-electron chi connectivity index (χ4n) is 2.05. The van der Waals surface area contributed by atoms with E-state index < -0.39 is 5.60 Å². The van der Waals surface area contributed by atoms with Gasteiger partial charge in [-0.05, 0) is 19.3 Å². The van der Waals surface area contributed by atoms with Crippen molar-refractivity contribution in [2.24, 2.45) is 0 Å². The van der Waals surface area contributed by atoms with Crippen LogP contribution < -0.4 is 5.32 Å². The van der Waals surface area contributed by atoms with Gasteiger partial charge in [-0.25, -0.2) is 4.98 Å². The van der Waals surface area contributed by atoms with Gasteiger partial charge >= 0.3 is 0 Å². The SMILES string of the molecule is OC1(CNCc2cn3ccsc3n2)CCC1. The summed E-state index contributed by atoms with van der Waals surface area (Å²) in [7, 11) is 0. The topological polar surface area (TPSA) is 49.6 Å². The van der Waals surface area contributed by atoms with E-state index in [9.17, 15) is 5.11 Å². The molecule has 1 saturated carbocycles. The summed E-state index contributed by atoms with van der Waals surface area (Å²) >= 11 is 1.64. The summed E-state index contributed by atoms with van der Waals surface area (Å²) in [6.45, 7) is 1.41. The zero-order valence-electron chi connectivity index (χ0n) is 9.02. The van der Waals surface area contributed by atoms with Crippen molar-refractivity contribution in [1.82, 2.24) is 14.7 Å². The highest BCUT2D eigenvalue weighted by molar-refractivity contribution is 7.15. The van der Waals surface area contributed by atoms with E-state index in [4.69, 9.17) is 0 Å². The molecule has 86 valence electrons. The fraction of sp³-hybridized carbons (Fsp3) is 0.545. The average molecular weight is 237 g/mol. The van der Waals surface area contributed by atoms with Crippen LogP contribution in [0.4, 0.5) is 0 Å². The van der Waals surface area contributed by atoms with E-state index in [1.165, 1.54) is 0 Å². The molecule has 5 heteroatoms. The zero-order chi connectivity index (χ0) is 11.0. The standard InChI is InChI=1S/C11H15N3OS/c15-11(2-1-3-11)8-12-6-9-7-14-4-5-16-10(14)13-9/h4-5,7,12,15H,1-3,6,8H2. The van der Waals surface area contributed by atoms with Gasteiger partial charge in [-0.2, -0.15) is 0 Å². The molecule has 2 N–H and O–H groups in total. The number of hydrogen-bond donors (Lipinski definition) is 2. The Kier molecular flexibility index (Phi) is 2.46. The van der Waals surface area contributed by atoms with Gasteiger partial charge in [0.1, 0.15) is 0 Å². The van der Waals surface area contributed by atoms with E-state index in [-0.39, 0.29) is 0 Å². The molecule has 1 aliphatic rings. The first-order valence-corrected chi connectivity index (χ1v) is 6.47. The van der Waals surface area contributed by atoms with E-state index in [0.29, 0.717) is 6.54 Å². The summed E-state index contributed by atoms with van der Waals surface area (Å²) in [6.07, 6.45) is 7.05. The number of rotatable bonds is 4. The third-order valence-corrected chi connectivity index (χ3v) is 3.96. The second-order valence-electron chi connectivity index (χ2n) is 4.51. The van der Waals surface area contributed by atoms with Crippen LogP contribution in [0.25, 0.3) is 4.96 Å². The lowest BCUT2D eigenvalue weighted by atomic mass is 9.80. The molecule has 2 heterocycles. The molecule has 4 nitrogen and oxygen atoms in total. The summed E-state index contributed by atoms with van der Waals surface area (Å²) in [5.41, 5.74) is 0.590. The van der Waals surface area contributed by atoms with Crippen LogP contribution in [0.3, 0.4) is 0 Å². The predicted octanol–water partition coefficient (Wildman–Crippen LogP) is 1.40. The molecule has 2 aromatic rings. The Balaban J connectivity index is 1.56. The lowest BCUT2D eigenvalue weighted by Crippen LogP contribution is -2.46. The Morgan fingerprint density at radius 3 is 3.12 bits per heavy atom. The fourth-order valence-corrected chi connectivity index (χ4v) is 2.77. The van der Waals surface area contributed by atoms with Gasteiger partial charge in [0.05, 0.1) is 11.3 Å². The van der Waals surface area contributed by atoms with Crippen LogP contribution in [0.15, 0.2) is 17.8 Å². The molecule has 0 atom stereocenters. The summed E-state index contributed by atoms with van der Waals surface area (Å²) in [4.78, 5) is 5.50. The Morgan fingerprint density at radius 1 is 1.56 bits per heavy atom. The van der Waals surface area contributed by atoms with Gasteiger partial charge in [-0.1, -0.05) is 0 Å². The molecule has 0 amide bonds. The van der Waals surface area contributed by atoms with Crippen molar-refractivity contribution >= 4 is 16.3 Å². The molecular formula is C11H15N3OS. The minimum absolute atomic E-state index is 0.447. The first-order chi connectivity index (χ1) is 7.75. The van der Waals surface area contributed by atoms with Gasteiger partial charge in [0.15, 0.2) is 4.96 Å². The normalized spacial score (nSPS) is 18.8. The average Bonchev–Trinajstić information content (AvgIpc) is 2.75.